The summed E-state index contributed by atoms with van der Waals surface area (Å²) in [4.78, 5) is 0. The van der Waals surface area contributed by atoms with Gasteiger partial charge in [0.2, 0.25) is 5.44 Å². The predicted molar refractivity (Wildman–Crippen MR) is 35.4 cm³/mol. The number of rotatable bonds is 3. The van der Waals surface area contributed by atoms with Gasteiger partial charge in [0.15, 0.2) is 9.84 Å². The van der Waals surface area contributed by atoms with E-state index in [9.17, 15) is 8.42 Å². The van der Waals surface area contributed by atoms with E-state index in [4.69, 9.17) is 16.7 Å². The molecule has 1 N–H and O–H groups in total. The minimum Gasteiger partial charge on any atom is -0.371 e. The van der Waals surface area contributed by atoms with Crippen LogP contribution in [0.4, 0.5) is 0 Å². The quantitative estimate of drug-likeness (QED) is 0.630. The Morgan fingerprint density at radius 1 is 1.67 bits per heavy atom. The molecule has 0 aliphatic rings. The Bertz CT molecular complexity index is 161. The van der Waals surface area contributed by atoms with Crippen LogP contribution in [0.5, 0.6) is 0 Å². The maximum atomic E-state index is 10.6. The summed E-state index contributed by atoms with van der Waals surface area (Å²) in [6.07, 6.45) is 0. The molecule has 0 rings (SSSR count). The summed E-state index contributed by atoms with van der Waals surface area (Å²) in [5.74, 6) is -0.183. The van der Waals surface area contributed by atoms with Gasteiger partial charge in [-0.25, -0.2) is 8.42 Å². The second-order valence-corrected chi connectivity index (χ2v) is 4.13. The summed E-state index contributed by atoms with van der Waals surface area (Å²) in [6.45, 7) is 1.13. The molecule has 9 heavy (non-hydrogen) atoms. The van der Waals surface area contributed by atoms with Crippen LogP contribution in [-0.2, 0) is 9.84 Å². The lowest BCUT2D eigenvalue weighted by molar-refractivity contribution is 0.363. The molecule has 0 amide bonds. The lowest BCUT2D eigenvalue weighted by Crippen LogP contribution is -2.13. The van der Waals surface area contributed by atoms with E-state index in [0.29, 0.717) is 0 Å². The fraction of sp³-hybridized carbons (Fsp3) is 0.750. The molecule has 0 aromatic carbocycles. The monoisotopic (exact) mass is 171 g/mol. The van der Waals surface area contributed by atoms with Crippen molar-refractivity contribution in [3.63, 3.8) is 0 Å². The first-order valence-corrected chi connectivity index (χ1v) is 4.50. The molecule has 0 aromatic rings. The van der Waals surface area contributed by atoms with Crippen LogP contribution >= 0.6 is 11.6 Å². The molecule has 0 aliphatic heterocycles. The number of aliphatic hydroxyl groups excluding tert-OH is 1. The second kappa shape index (κ2) is 3.39. The molecule has 3 nitrogen and oxygen atoms in total. The third-order valence-electron chi connectivity index (χ3n) is 0.796. The number of sulfone groups is 1. The van der Waals surface area contributed by atoms with Gasteiger partial charge >= 0.3 is 0 Å². The SMILES string of the molecule is C[C](O)S(=O)(=O)CCCl. The van der Waals surface area contributed by atoms with Gasteiger partial charge in [0, 0.05) is 5.88 Å². The van der Waals surface area contributed by atoms with Crippen LogP contribution in [0.2, 0.25) is 0 Å². The van der Waals surface area contributed by atoms with E-state index in [1.165, 1.54) is 0 Å². The van der Waals surface area contributed by atoms with Gasteiger partial charge < -0.3 is 5.11 Å². The topological polar surface area (TPSA) is 54.4 Å². The molecule has 0 spiro atoms. The van der Waals surface area contributed by atoms with Crippen LogP contribution in [0.3, 0.4) is 0 Å². The molecular weight excluding hydrogens is 164 g/mol. The summed E-state index contributed by atoms with van der Waals surface area (Å²) in [5.41, 5.74) is -0.567. The molecule has 0 unspecified atom stereocenters. The van der Waals surface area contributed by atoms with Gasteiger partial charge in [-0.05, 0) is 6.92 Å². The Kier molecular flexibility index (Phi) is 3.46. The molecule has 55 valence electrons. The van der Waals surface area contributed by atoms with Crippen LogP contribution in [0, 0.1) is 5.44 Å². The summed E-state index contributed by atoms with van der Waals surface area (Å²) in [6, 6.07) is 0. The average molecular weight is 172 g/mol. The zero-order valence-electron chi connectivity index (χ0n) is 4.96. The van der Waals surface area contributed by atoms with Gasteiger partial charge in [0.25, 0.3) is 0 Å². The Morgan fingerprint density at radius 3 is 2.22 bits per heavy atom. The van der Waals surface area contributed by atoms with Crippen molar-refractivity contribution in [1.29, 1.82) is 0 Å². The fourth-order valence-electron chi connectivity index (χ4n) is 0.249. The van der Waals surface area contributed by atoms with Gasteiger partial charge in [-0.1, -0.05) is 0 Å². The summed E-state index contributed by atoms with van der Waals surface area (Å²) < 4.78 is 21.1. The van der Waals surface area contributed by atoms with Crippen molar-refractivity contribution in [2.75, 3.05) is 11.6 Å². The minimum absolute atomic E-state index is 0.0141. The molecule has 0 fully saturated rings. The van der Waals surface area contributed by atoms with Crippen LogP contribution < -0.4 is 0 Å². The van der Waals surface area contributed by atoms with Gasteiger partial charge in [-0.2, -0.15) is 0 Å². The summed E-state index contributed by atoms with van der Waals surface area (Å²) >= 11 is 5.13. The normalized spacial score (nSPS) is 12.4. The van der Waals surface area contributed by atoms with E-state index < -0.39 is 15.3 Å². The Morgan fingerprint density at radius 2 is 2.11 bits per heavy atom. The number of alkyl halides is 1. The van der Waals surface area contributed by atoms with E-state index >= 15 is 0 Å². The zero-order chi connectivity index (χ0) is 7.49. The number of hydrogen-bond donors (Lipinski definition) is 1. The van der Waals surface area contributed by atoms with E-state index in [-0.39, 0.29) is 11.6 Å². The van der Waals surface area contributed by atoms with Gasteiger partial charge in [-0.3, -0.25) is 0 Å². The average Bonchev–Trinajstić information content (AvgIpc) is 1.65. The first-order valence-electron chi connectivity index (χ1n) is 2.32. The molecule has 0 saturated heterocycles. The van der Waals surface area contributed by atoms with Crippen molar-refractivity contribution >= 4 is 21.4 Å². The fourth-order valence-corrected chi connectivity index (χ4v) is 1.36. The van der Waals surface area contributed by atoms with Crippen LogP contribution in [0.1, 0.15) is 6.92 Å². The number of aliphatic hydroxyl groups is 1. The first-order chi connectivity index (χ1) is 4.00. The highest BCUT2D eigenvalue weighted by Crippen LogP contribution is 2.05. The number of hydrogen-bond acceptors (Lipinski definition) is 3. The van der Waals surface area contributed by atoms with E-state index in [1.54, 1.807) is 0 Å². The van der Waals surface area contributed by atoms with Gasteiger partial charge in [0.05, 0.1) is 5.75 Å². The van der Waals surface area contributed by atoms with Crippen molar-refractivity contribution in [1.82, 2.24) is 0 Å². The smallest absolute Gasteiger partial charge is 0.206 e. The van der Waals surface area contributed by atoms with E-state index in [0.717, 1.165) is 6.92 Å². The molecule has 0 saturated carbocycles. The lowest BCUT2D eigenvalue weighted by Gasteiger charge is -2.00. The van der Waals surface area contributed by atoms with Crippen molar-refractivity contribution < 1.29 is 13.5 Å². The Labute approximate surface area is 59.6 Å². The van der Waals surface area contributed by atoms with Gasteiger partial charge in [-0.15, -0.1) is 11.6 Å². The van der Waals surface area contributed by atoms with E-state index in [2.05, 4.69) is 0 Å². The largest absolute Gasteiger partial charge is 0.371 e. The molecule has 5 heteroatoms. The van der Waals surface area contributed by atoms with E-state index in [1.807, 2.05) is 0 Å². The minimum atomic E-state index is -3.41. The van der Waals surface area contributed by atoms with Crippen molar-refractivity contribution in [3.05, 3.63) is 5.44 Å². The second-order valence-electron chi connectivity index (χ2n) is 1.53. The maximum absolute atomic E-state index is 10.6. The summed E-state index contributed by atoms with van der Waals surface area (Å²) in [5, 5.41) is 8.48. The molecule has 0 atom stereocenters. The van der Waals surface area contributed by atoms with Crippen LogP contribution in [0.15, 0.2) is 0 Å². The molecule has 0 aliphatic carbocycles. The van der Waals surface area contributed by atoms with Gasteiger partial charge in [0.1, 0.15) is 0 Å². The third-order valence-corrected chi connectivity index (χ3v) is 2.85. The highest BCUT2D eigenvalue weighted by molar-refractivity contribution is 7.94. The van der Waals surface area contributed by atoms with Crippen molar-refractivity contribution in [3.8, 4) is 0 Å². The highest BCUT2D eigenvalue weighted by atomic mass is 35.5. The van der Waals surface area contributed by atoms with Crippen LogP contribution in [0.25, 0.3) is 0 Å². The molecule has 0 aromatic heterocycles. The molecule has 0 heterocycles. The van der Waals surface area contributed by atoms with Crippen molar-refractivity contribution in [2.45, 2.75) is 6.92 Å². The highest BCUT2D eigenvalue weighted by Gasteiger charge is 2.17. The lowest BCUT2D eigenvalue weighted by atomic mass is 10.9. The molecule has 1 radical (unpaired) electrons. The third kappa shape index (κ3) is 3.03. The standard InChI is InChI=1S/C4H8ClO3S/c1-4(6)9(7,8)3-2-5/h6H,2-3H2,1H3. The first kappa shape index (κ1) is 9.20. The van der Waals surface area contributed by atoms with Crippen molar-refractivity contribution in [2.24, 2.45) is 0 Å². The molecular formula is C4H8ClO3S. The molecule has 0 bridgehead atoms. The predicted octanol–water partition coefficient (Wildman–Crippen LogP) is 0.522. The Hall–Kier alpha value is 0.200. The maximum Gasteiger partial charge on any atom is 0.206 e. The van der Waals surface area contributed by atoms with Crippen LogP contribution in [-0.4, -0.2) is 25.2 Å². The Balaban J connectivity index is 4.05. The zero-order valence-corrected chi connectivity index (χ0v) is 6.54. The number of halogens is 1. The summed E-state index contributed by atoms with van der Waals surface area (Å²) in [7, 11) is -3.41.